The maximum Gasteiger partial charge on any atom is 0.240 e. The van der Waals surface area contributed by atoms with Crippen LogP contribution in [0.25, 0.3) is 0 Å². The third kappa shape index (κ3) is 9.81. The maximum atomic E-state index is 11.7. The molecule has 0 heterocycles. The van der Waals surface area contributed by atoms with Crippen molar-refractivity contribution in [2.24, 2.45) is 10.2 Å². The summed E-state index contributed by atoms with van der Waals surface area (Å²) in [7, 11) is 0. The van der Waals surface area contributed by atoms with Crippen LogP contribution in [0.15, 0.2) is 58.7 Å². The average molecular weight is 443 g/mol. The summed E-state index contributed by atoms with van der Waals surface area (Å²) in [5, 5.41) is 26.9. The maximum absolute atomic E-state index is 11.7. The molecule has 4 N–H and O–H groups in total. The van der Waals surface area contributed by atoms with E-state index in [0.717, 1.165) is 11.5 Å². The summed E-state index contributed by atoms with van der Waals surface area (Å²) < 4.78 is 0. The number of phenols is 2. The van der Waals surface area contributed by atoms with Crippen molar-refractivity contribution in [1.82, 2.24) is 10.9 Å². The Hall–Kier alpha value is -3.33. The first-order valence-electron chi connectivity index (χ1n) is 9.84. The molecule has 2 amide bonds. The molecule has 0 aliphatic rings. The minimum Gasteiger partial charge on any atom is -0.507 e. The summed E-state index contributed by atoms with van der Waals surface area (Å²) in [5.74, 6) is 1.46. The third-order valence-electron chi connectivity index (χ3n) is 4.04. The van der Waals surface area contributed by atoms with Crippen LogP contribution in [0, 0.1) is 0 Å². The Morgan fingerprint density at radius 3 is 1.61 bits per heavy atom. The number of carbonyl (C=O) groups excluding carboxylic acids is 2. The number of carbonyl (C=O) groups is 2. The summed E-state index contributed by atoms with van der Waals surface area (Å²) in [6.45, 7) is 0. The molecular formula is C22H26N4O4S. The van der Waals surface area contributed by atoms with Crippen LogP contribution in [0.2, 0.25) is 0 Å². The Balaban J connectivity index is 1.48. The van der Waals surface area contributed by atoms with Gasteiger partial charge in [-0.15, -0.1) is 0 Å². The summed E-state index contributed by atoms with van der Waals surface area (Å²) in [6, 6.07) is 13.5. The molecule has 0 unspecified atom stereocenters. The lowest BCUT2D eigenvalue weighted by atomic mass is 10.2. The summed E-state index contributed by atoms with van der Waals surface area (Å²) in [6.07, 6.45) is 4.93. The van der Waals surface area contributed by atoms with E-state index in [1.165, 1.54) is 12.4 Å². The van der Waals surface area contributed by atoms with Gasteiger partial charge in [0.2, 0.25) is 11.8 Å². The quantitative estimate of drug-likeness (QED) is 0.229. The monoisotopic (exact) mass is 442 g/mol. The SMILES string of the molecule is O=C(CCCSCCCC(=O)N/N=C/c1ccccc1O)N/N=C/c1ccccc1O. The first kappa shape index (κ1) is 23.9. The van der Waals surface area contributed by atoms with Gasteiger partial charge in [0, 0.05) is 24.0 Å². The van der Waals surface area contributed by atoms with Gasteiger partial charge in [-0.25, -0.2) is 10.9 Å². The Morgan fingerprint density at radius 2 is 1.19 bits per heavy atom. The molecule has 2 aromatic rings. The van der Waals surface area contributed by atoms with E-state index in [-0.39, 0.29) is 23.3 Å². The number of aromatic hydroxyl groups is 2. The summed E-state index contributed by atoms with van der Waals surface area (Å²) in [4.78, 5) is 23.5. The molecule has 0 fully saturated rings. The topological polar surface area (TPSA) is 123 Å². The van der Waals surface area contributed by atoms with E-state index in [1.54, 1.807) is 60.3 Å². The molecule has 0 bridgehead atoms. The molecule has 0 saturated carbocycles. The Bertz CT molecular complexity index is 844. The first-order valence-corrected chi connectivity index (χ1v) is 11.0. The van der Waals surface area contributed by atoms with Crippen molar-refractivity contribution in [1.29, 1.82) is 0 Å². The van der Waals surface area contributed by atoms with E-state index in [2.05, 4.69) is 21.1 Å². The minimum absolute atomic E-state index is 0.105. The number of benzene rings is 2. The Labute approximate surface area is 185 Å². The molecule has 0 atom stereocenters. The molecule has 0 aliphatic heterocycles. The van der Waals surface area contributed by atoms with Gasteiger partial charge >= 0.3 is 0 Å². The largest absolute Gasteiger partial charge is 0.507 e. The molecule has 9 heteroatoms. The molecule has 164 valence electrons. The van der Waals surface area contributed by atoms with Crippen molar-refractivity contribution in [2.45, 2.75) is 25.7 Å². The van der Waals surface area contributed by atoms with Gasteiger partial charge in [-0.1, -0.05) is 24.3 Å². The van der Waals surface area contributed by atoms with Crippen LogP contribution >= 0.6 is 11.8 Å². The summed E-state index contributed by atoms with van der Waals surface area (Å²) >= 11 is 1.68. The zero-order valence-corrected chi connectivity index (χ0v) is 17.8. The molecule has 0 saturated heterocycles. The second-order valence-electron chi connectivity index (χ2n) is 6.52. The molecule has 0 aromatic heterocycles. The lowest BCUT2D eigenvalue weighted by Gasteiger charge is -2.02. The van der Waals surface area contributed by atoms with Crippen molar-refractivity contribution in [3.63, 3.8) is 0 Å². The number of para-hydroxylation sites is 2. The molecule has 0 radical (unpaired) electrons. The van der Waals surface area contributed by atoms with Crippen LogP contribution in [-0.2, 0) is 9.59 Å². The molecule has 2 rings (SSSR count). The van der Waals surface area contributed by atoms with Gasteiger partial charge in [0.1, 0.15) is 11.5 Å². The van der Waals surface area contributed by atoms with Crippen molar-refractivity contribution in [3.05, 3.63) is 59.7 Å². The number of nitrogens with one attached hydrogen (secondary N) is 2. The summed E-state index contributed by atoms with van der Waals surface area (Å²) in [5.41, 5.74) is 5.94. The lowest BCUT2D eigenvalue weighted by Crippen LogP contribution is -2.17. The van der Waals surface area contributed by atoms with Gasteiger partial charge in [0.25, 0.3) is 0 Å². The van der Waals surface area contributed by atoms with Gasteiger partial charge in [-0.2, -0.15) is 22.0 Å². The van der Waals surface area contributed by atoms with Crippen molar-refractivity contribution < 1.29 is 19.8 Å². The highest BCUT2D eigenvalue weighted by Gasteiger charge is 2.02. The predicted molar refractivity (Wildman–Crippen MR) is 123 cm³/mol. The van der Waals surface area contributed by atoms with E-state index < -0.39 is 0 Å². The fraction of sp³-hybridized carbons (Fsp3) is 0.273. The van der Waals surface area contributed by atoms with Crippen molar-refractivity contribution >= 4 is 36.0 Å². The first-order chi connectivity index (χ1) is 15.1. The Kier molecular flexibility index (Phi) is 10.7. The number of hydrazone groups is 2. The number of thioether (sulfide) groups is 1. The normalized spacial score (nSPS) is 11.1. The van der Waals surface area contributed by atoms with Gasteiger partial charge in [-0.05, 0) is 48.6 Å². The number of rotatable bonds is 12. The number of hydrogen-bond acceptors (Lipinski definition) is 7. The van der Waals surface area contributed by atoms with Crippen LogP contribution in [0.3, 0.4) is 0 Å². The van der Waals surface area contributed by atoms with Crippen molar-refractivity contribution in [2.75, 3.05) is 11.5 Å². The predicted octanol–water partition coefficient (Wildman–Crippen LogP) is 2.99. The zero-order valence-electron chi connectivity index (χ0n) is 17.0. The molecule has 8 nitrogen and oxygen atoms in total. The highest BCUT2D eigenvalue weighted by molar-refractivity contribution is 7.99. The number of phenolic OH excluding ortho intramolecular Hbond substituents is 2. The zero-order chi connectivity index (χ0) is 22.3. The van der Waals surface area contributed by atoms with Crippen LogP contribution < -0.4 is 10.9 Å². The van der Waals surface area contributed by atoms with E-state index in [1.807, 2.05) is 0 Å². The molecular weight excluding hydrogens is 416 g/mol. The minimum atomic E-state index is -0.186. The third-order valence-corrected chi connectivity index (χ3v) is 5.20. The van der Waals surface area contributed by atoms with Gasteiger partial charge in [-0.3, -0.25) is 9.59 Å². The van der Waals surface area contributed by atoms with Crippen LogP contribution in [0.5, 0.6) is 11.5 Å². The van der Waals surface area contributed by atoms with E-state index in [0.29, 0.717) is 36.8 Å². The van der Waals surface area contributed by atoms with Crippen molar-refractivity contribution in [3.8, 4) is 11.5 Å². The van der Waals surface area contributed by atoms with Crippen LogP contribution in [0.4, 0.5) is 0 Å². The second-order valence-corrected chi connectivity index (χ2v) is 7.75. The standard InChI is InChI=1S/C22H26N4O4S/c27-19-9-3-1-7-17(19)15-23-25-21(29)11-5-13-31-14-6-12-22(30)26-24-16-18-8-2-4-10-20(18)28/h1-4,7-10,15-16,27-28H,5-6,11-14H2,(H,25,29)(H,26,30)/b23-15+,24-16+. The fourth-order valence-electron chi connectivity index (χ4n) is 2.42. The molecule has 31 heavy (non-hydrogen) atoms. The van der Waals surface area contributed by atoms with Gasteiger partial charge < -0.3 is 10.2 Å². The average Bonchev–Trinajstić information content (AvgIpc) is 2.76. The molecule has 0 aliphatic carbocycles. The number of amides is 2. The van der Waals surface area contributed by atoms with Gasteiger partial charge in [0.05, 0.1) is 12.4 Å². The highest BCUT2D eigenvalue weighted by Crippen LogP contribution is 2.13. The highest BCUT2D eigenvalue weighted by atomic mass is 32.2. The second kappa shape index (κ2) is 13.8. The van der Waals surface area contributed by atoms with Crippen LogP contribution in [-0.4, -0.2) is 46.0 Å². The fourth-order valence-corrected chi connectivity index (χ4v) is 3.33. The Morgan fingerprint density at radius 1 is 0.774 bits per heavy atom. The molecule has 2 aromatic carbocycles. The van der Waals surface area contributed by atoms with E-state index in [9.17, 15) is 19.8 Å². The number of nitrogens with zero attached hydrogens (tertiary/aromatic N) is 2. The molecule has 0 spiro atoms. The lowest BCUT2D eigenvalue weighted by molar-refractivity contribution is -0.121. The smallest absolute Gasteiger partial charge is 0.240 e. The number of hydrogen-bond donors (Lipinski definition) is 4. The van der Waals surface area contributed by atoms with E-state index in [4.69, 9.17) is 0 Å². The van der Waals surface area contributed by atoms with Crippen LogP contribution in [0.1, 0.15) is 36.8 Å². The van der Waals surface area contributed by atoms with Gasteiger partial charge in [0.15, 0.2) is 0 Å². The van der Waals surface area contributed by atoms with E-state index >= 15 is 0 Å².